The predicted molar refractivity (Wildman–Crippen MR) is 88.2 cm³/mol. The number of carbonyl (C=O) groups is 2. The smallest absolute Gasteiger partial charge is 0.410 e. The molecule has 0 aromatic heterocycles. The fraction of sp³-hybridized carbons (Fsp3) is 0.875. The molecule has 3 heterocycles. The summed E-state index contributed by atoms with van der Waals surface area (Å²) in [7, 11) is -3.01. The van der Waals surface area contributed by atoms with Crippen molar-refractivity contribution in [1.29, 1.82) is 0 Å². The number of amides is 2. The monoisotopic (exact) mass is 358 g/mol. The molecule has 8 heteroatoms. The van der Waals surface area contributed by atoms with Crippen LogP contribution in [-0.4, -0.2) is 72.5 Å². The maximum absolute atomic E-state index is 12.8. The van der Waals surface area contributed by atoms with Crippen LogP contribution in [0.2, 0.25) is 0 Å². The zero-order valence-electron chi connectivity index (χ0n) is 14.5. The first-order valence-electron chi connectivity index (χ1n) is 8.57. The molecule has 3 fully saturated rings. The van der Waals surface area contributed by atoms with Crippen LogP contribution in [0.4, 0.5) is 4.79 Å². The summed E-state index contributed by atoms with van der Waals surface area (Å²) in [5.41, 5.74) is -0.559. The van der Waals surface area contributed by atoms with Crippen LogP contribution in [0.15, 0.2) is 0 Å². The highest BCUT2D eigenvalue weighted by molar-refractivity contribution is 7.92. The number of nitrogens with zero attached hydrogens (tertiary/aromatic N) is 2. The van der Waals surface area contributed by atoms with E-state index < -0.39 is 20.7 Å². The Bertz CT molecular complexity index is 639. The van der Waals surface area contributed by atoms with Gasteiger partial charge in [-0.1, -0.05) is 0 Å². The van der Waals surface area contributed by atoms with Gasteiger partial charge in [0.05, 0.1) is 16.9 Å². The zero-order valence-corrected chi connectivity index (χ0v) is 15.3. The fourth-order valence-corrected chi connectivity index (χ4v) is 5.90. The number of rotatable bonds is 1. The molecule has 3 atom stereocenters. The Labute approximate surface area is 143 Å². The van der Waals surface area contributed by atoms with Crippen molar-refractivity contribution in [2.45, 2.75) is 56.9 Å². The van der Waals surface area contributed by atoms with Gasteiger partial charge in [0, 0.05) is 25.7 Å². The van der Waals surface area contributed by atoms with Crippen molar-refractivity contribution in [3.05, 3.63) is 0 Å². The van der Waals surface area contributed by atoms with E-state index >= 15 is 0 Å². The van der Waals surface area contributed by atoms with E-state index in [1.807, 2.05) is 20.8 Å². The summed E-state index contributed by atoms with van der Waals surface area (Å²) in [6.07, 6.45) is 1.68. The highest BCUT2D eigenvalue weighted by Crippen LogP contribution is 2.35. The normalized spacial score (nSPS) is 32.0. The van der Waals surface area contributed by atoms with E-state index in [0.717, 1.165) is 12.8 Å². The van der Waals surface area contributed by atoms with Crippen LogP contribution in [0, 0.1) is 5.92 Å². The van der Waals surface area contributed by atoms with Crippen LogP contribution in [0.3, 0.4) is 0 Å². The minimum absolute atomic E-state index is 0.00865. The minimum Gasteiger partial charge on any atom is -0.444 e. The lowest BCUT2D eigenvalue weighted by Gasteiger charge is -2.36. The molecule has 0 aromatic rings. The molecule has 0 aliphatic carbocycles. The van der Waals surface area contributed by atoms with E-state index in [9.17, 15) is 18.0 Å². The van der Waals surface area contributed by atoms with Crippen molar-refractivity contribution in [1.82, 2.24) is 9.80 Å². The Kier molecular flexibility index (Phi) is 4.30. The number of hydrogen-bond acceptors (Lipinski definition) is 5. The van der Waals surface area contributed by atoms with Gasteiger partial charge in [0.25, 0.3) is 0 Å². The number of sulfone groups is 1. The molecule has 3 rings (SSSR count). The standard InChI is InChI=1S/C16H26N2O5S/c1-16(2,3)23-15(20)17-6-4-5-11(8-17)14(19)18-9-13-7-12(18)10-24(13,21)22/h11-13H,4-10H2,1-3H3/t11-,12+,13-/m1/s1. The number of ether oxygens (including phenoxy) is 1. The number of carbonyl (C=O) groups excluding carboxylic acids is 2. The molecule has 7 nitrogen and oxygen atoms in total. The number of hydrogen-bond donors (Lipinski definition) is 0. The van der Waals surface area contributed by atoms with Gasteiger partial charge in [-0.15, -0.1) is 0 Å². The molecule has 0 aromatic carbocycles. The second-order valence-electron chi connectivity index (χ2n) is 8.10. The quantitative estimate of drug-likeness (QED) is 0.699. The maximum Gasteiger partial charge on any atom is 0.410 e. The van der Waals surface area contributed by atoms with Crippen molar-refractivity contribution in [3.8, 4) is 0 Å². The van der Waals surface area contributed by atoms with Gasteiger partial charge in [-0.05, 0) is 40.0 Å². The van der Waals surface area contributed by atoms with E-state index in [1.165, 1.54) is 0 Å². The molecular weight excluding hydrogens is 332 g/mol. The minimum atomic E-state index is -3.01. The Morgan fingerprint density at radius 1 is 1.17 bits per heavy atom. The average Bonchev–Trinajstić information content (AvgIpc) is 3.00. The van der Waals surface area contributed by atoms with E-state index in [1.54, 1.807) is 9.80 Å². The molecular formula is C16H26N2O5S. The first kappa shape index (κ1) is 17.5. The molecule has 3 saturated heterocycles. The fourth-order valence-electron chi connectivity index (χ4n) is 3.87. The Morgan fingerprint density at radius 2 is 1.88 bits per heavy atom. The zero-order chi connectivity index (χ0) is 17.7. The van der Waals surface area contributed by atoms with Gasteiger partial charge in [-0.25, -0.2) is 13.2 Å². The van der Waals surface area contributed by atoms with Crippen molar-refractivity contribution >= 4 is 21.8 Å². The molecule has 3 aliphatic heterocycles. The third kappa shape index (κ3) is 3.38. The van der Waals surface area contributed by atoms with E-state index in [2.05, 4.69) is 0 Å². The average molecular weight is 358 g/mol. The number of fused-ring (bicyclic) bond motifs is 2. The topological polar surface area (TPSA) is 84.0 Å². The first-order chi connectivity index (χ1) is 11.1. The molecule has 2 bridgehead atoms. The van der Waals surface area contributed by atoms with Crippen LogP contribution in [0.25, 0.3) is 0 Å². The summed E-state index contributed by atoms with van der Waals surface area (Å²) in [4.78, 5) is 28.4. The van der Waals surface area contributed by atoms with Crippen molar-refractivity contribution in [2.24, 2.45) is 5.92 Å². The molecule has 0 N–H and O–H groups in total. The predicted octanol–water partition coefficient (Wildman–Crippen LogP) is 1.03. The summed E-state index contributed by atoms with van der Waals surface area (Å²) in [5.74, 6) is -0.176. The number of likely N-dealkylation sites (tertiary alicyclic amines) is 2. The third-order valence-electron chi connectivity index (χ3n) is 5.01. The lowest BCUT2D eigenvalue weighted by atomic mass is 9.96. The van der Waals surface area contributed by atoms with Crippen LogP contribution in [-0.2, 0) is 19.4 Å². The van der Waals surface area contributed by atoms with Gasteiger partial charge in [-0.2, -0.15) is 0 Å². The van der Waals surface area contributed by atoms with Gasteiger partial charge in [-0.3, -0.25) is 4.79 Å². The lowest BCUT2D eigenvalue weighted by Crippen LogP contribution is -2.51. The largest absolute Gasteiger partial charge is 0.444 e. The van der Waals surface area contributed by atoms with Crippen LogP contribution >= 0.6 is 0 Å². The highest BCUT2D eigenvalue weighted by atomic mass is 32.2. The summed E-state index contributed by atoms with van der Waals surface area (Å²) in [6, 6.07) is -0.176. The second kappa shape index (κ2) is 5.89. The first-order valence-corrected chi connectivity index (χ1v) is 10.3. The lowest BCUT2D eigenvalue weighted by molar-refractivity contribution is -0.137. The molecule has 136 valence electrons. The van der Waals surface area contributed by atoms with Crippen LogP contribution < -0.4 is 0 Å². The van der Waals surface area contributed by atoms with Crippen molar-refractivity contribution < 1.29 is 22.7 Å². The van der Waals surface area contributed by atoms with Gasteiger partial charge in [0.15, 0.2) is 9.84 Å². The Hall–Kier alpha value is -1.31. The van der Waals surface area contributed by atoms with Crippen LogP contribution in [0.1, 0.15) is 40.0 Å². The summed E-state index contributed by atoms with van der Waals surface area (Å²) in [5, 5.41) is -0.392. The summed E-state index contributed by atoms with van der Waals surface area (Å²) < 4.78 is 29.1. The Balaban J connectivity index is 1.61. The Morgan fingerprint density at radius 3 is 2.42 bits per heavy atom. The molecule has 0 saturated carbocycles. The highest BCUT2D eigenvalue weighted by Gasteiger charge is 2.51. The van der Waals surface area contributed by atoms with E-state index in [0.29, 0.717) is 26.1 Å². The molecule has 0 spiro atoms. The van der Waals surface area contributed by atoms with E-state index in [-0.39, 0.29) is 29.7 Å². The van der Waals surface area contributed by atoms with Gasteiger partial charge >= 0.3 is 6.09 Å². The van der Waals surface area contributed by atoms with Crippen molar-refractivity contribution in [3.63, 3.8) is 0 Å². The molecule has 24 heavy (non-hydrogen) atoms. The molecule has 3 aliphatic rings. The van der Waals surface area contributed by atoms with Crippen LogP contribution in [0.5, 0.6) is 0 Å². The van der Waals surface area contributed by atoms with Gasteiger partial charge in [0.2, 0.25) is 5.91 Å². The summed E-state index contributed by atoms with van der Waals surface area (Å²) >= 11 is 0. The number of piperidine rings is 1. The molecule has 2 amide bonds. The van der Waals surface area contributed by atoms with Crippen molar-refractivity contribution in [2.75, 3.05) is 25.4 Å². The third-order valence-corrected chi connectivity index (χ3v) is 7.22. The maximum atomic E-state index is 12.8. The van der Waals surface area contributed by atoms with E-state index in [4.69, 9.17) is 4.74 Å². The summed E-state index contributed by atoms with van der Waals surface area (Å²) in [6.45, 7) is 6.72. The second-order valence-corrected chi connectivity index (χ2v) is 10.4. The van der Waals surface area contributed by atoms with Gasteiger partial charge < -0.3 is 14.5 Å². The molecule has 0 radical (unpaired) electrons. The molecule has 0 unspecified atom stereocenters. The SMILES string of the molecule is CC(C)(C)OC(=O)N1CCC[C@@H](C(=O)N2C[C@H]3C[C@H]2CS3(=O)=O)C1. The van der Waals surface area contributed by atoms with Gasteiger partial charge in [0.1, 0.15) is 5.60 Å².